The highest BCUT2D eigenvalue weighted by Crippen LogP contribution is 2.42. The third-order valence-corrected chi connectivity index (χ3v) is 12.2. The molecule has 1 amide bonds. The van der Waals surface area contributed by atoms with E-state index in [-0.39, 0.29) is 42.8 Å². The van der Waals surface area contributed by atoms with E-state index in [1.165, 1.54) is 34.0 Å². The minimum atomic E-state index is -4.06. The van der Waals surface area contributed by atoms with Crippen molar-refractivity contribution in [3.05, 3.63) is 54.1 Å². The molecule has 2 aliphatic rings. The first-order valence-electron chi connectivity index (χ1n) is 14.6. The van der Waals surface area contributed by atoms with Gasteiger partial charge in [-0.15, -0.1) is 11.3 Å². The quantitative estimate of drug-likeness (QED) is 0.297. The van der Waals surface area contributed by atoms with Crippen LogP contribution in [0.1, 0.15) is 32.8 Å². The van der Waals surface area contributed by atoms with E-state index in [9.17, 15) is 22.5 Å². The first-order valence-corrected chi connectivity index (χ1v) is 18.4. The summed E-state index contributed by atoms with van der Waals surface area (Å²) in [5.74, 6) is -0.924. The summed E-state index contributed by atoms with van der Waals surface area (Å²) >= 11 is 1.18. The fourth-order valence-electron chi connectivity index (χ4n) is 5.71. The Labute approximate surface area is 264 Å². The number of rotatable bonds is 12. The minimum Gasteiger partial charge on any atom is -0.443 e. The van der Waals surface area contributed by atoms with Crippen LogP contribution in [0.2, 0.25) is 0 Å². The molecule has 2 fully saturated rings. The summed E-state index contributed by atoms with van der Waals surface area (Å²) in [6, 6.07) is 13.1. The summed E-state index contributed by atoms with van der Waals surface area (Å²) in [7, 11) is -5.35. The van der Waals surface area contributed by atoms with Crippen molar-refractivity contribution < 1.29 is 36.7 Å². The lowest BCUT2D eigenvalue weighted by molar-refractivity contribution is -0.181. The number of carbonyl (C=O) groups excluding carboxylic acids is 1. The van der Waals surface area contributed by atoms with Crippen LogP contribution in [0.5, 0.6) is 0 Å². The molecule has 2 aromatic carbocycles. The zero-order chi connectivity index (χ0) is 31.6. The fraction of sp³-hybridized carbons (Fsp3) is 0.533. The van der Waals surface area contributed by atoms with Gasteiger partial charge in [0.1, 0.15) is 6.10 Å². The number of aliphatic hydroxyl groups excluding tert-OH is 1. The van der Waals surface area contributed by atoms with Gasteiger partial charge in [0.05, 0.1) is 57.2 Å². The summed E-state index contributed by atoms with van der Waals surface area (Å²) in [6.45, 7) is 6.25. The highest BCUT2D eigenvalue weighted by molar-refractivity contribution is 7.89. The molecule has 1 unspecified atom stereocenters. The molecule has 44 heavy (non-hydrogen) atoms. The Morgan fingerprint density at radius 2 is 1.98 bits per heavy atom. The predicted molar refractivity (Wildman–Crippen MR) is 167 cm³/mol. The van der Waals surface area contributed by atoms with Crippen LogP contribution in [-0.2, 0) is 41.5 Å². The van der Waals surface area contributed by atoms with Gasteiger partial charge in [-0.25, -0.2) is 18.2 Å². The van der Waals surface area contributed by atoms with Gasteiger partial charge in [-0.1, -0.05) is 44.2 Å². The third-order valence-electron chi connectivity index (χ3n) is 7.98. The molecule has 1 aromatic heterocycles. The number of nitrogens with zero attached hydrogens (tertiary/aromatic N) is 2. The molecule has 2 saturated heterocycles. The maximum atomic E-state index is 14.0. The van der Waals surface area contributed by atoms with E-state index in [4.69, 9.17) is 14.2 Å². The summed E-state index contributed by atoms with van der Waals surface area (Å²) in [4.78, 5) is 17.5. The van der Waals surface area contributed by atoms with Crippen molar-refractivity contribution in [3.8, 4) is 0 Å². The van der Waals surface area contributed by atoms with Crippen molar-refractivity contribution in [2.45, 2.75) is 66.9 Å². The molecule has 0 saturated carbocycles. The Balaban J connectivity index is 1.36. The van der Waals surface area contributed by atoms with Crippen LogP contribution < -0.4 is 5.32 Å². The lowest BCUT2D eigenvalue weighted by atomic mass is 9.96. The van der Waals surface area contributed by atoms with Gasteiger partial charge < -0.3 is 24.6 Å². The number of hydrogen-bond donors (Lipinski definition) is 2. The van der Waals surface area contributed by atoms with E-state index in [1.54, 1.807) is 6.07 Å². The molecule has 2 aliphatic heterocycles. The van der Waals surface area contributed by atoms with Crippen LogP contribution in [-0.4, -0.2) is 89.7 Å². The monoisotopic (exact) mass is 665 g/mol. The third kappa shape index (κ3) is 7.33. The van der Waals surface area contributed by atoms with Crippen molar-refractivity contribution in [2.75, 3.05) is 32.6 Å². The van der Waals surface area contributed by atoms with Crippen LogP contribution in [0.4, 0.5) is 4.79 Å². The van der Waals surface area contributed by atoms with E-state index < -0.39 is 51.0 Å². The van der Waals surface area contributed by atoms with Crippen molar-refractivity contribution in [2.24, 2.45) is 11.8 Å². The van der Waals surface area contributed by atoms with Crippen LogP contribution in [0, 0.1) is 11.8 Å². The summed E-state index contributed by atoms with van der Waals surface area (Å²) in [6.07, 6.45) is 0.00462. The molecule has 11 nitrogen and oxygen atoms in total. The second kappa shape index (κ2) is 13.5. The number of thiazole rings is 1. The Morgan fingerprint density at radius 3 is 2.68 bits per heavy atom. The lowest BCUT2D eigenvalue weighted by Crippen LogP contribution is -2.51. The van der Waals surface area contributed by atoms with Gasteiger partial charge in [-0.3, -0.25) is 4.21 Å². The number of sulfonamides is 1. The van der Waals surface area contributed by atoms with Gasteiger partial charge in [0.15, 0.2) is 10.1 Å². The van der Waals surface area contributed by atoms with Crippen LogP contribution in [0.15, 0.2) is 57.8 Å². The maximum absolute atomic E-state index is 14.0. The summed E-state index contributed by atoms with van der Waals surface area (Å²) in [5, 5.41) is 14.3. The standard InChI is InChI=1S/C30H39N3O8S3/c1-19(2)16-33(44(37,38)21-10-11-23-27(15-21)42-29(32-23)43(4)36)17-25(34)24(14-20-8-6-5-7-9-20)31-28(35)41-26-18-40-30(3)22(26)12-13-39-30/h5-11,15,19,22,24-26,34H,12-14,16-18H2,1-4H3,(H,31,35)/t22-,24-,25+,26-,30+,43?/m0/s1. The second-order valence-electron chi connectivity index (χ2n) is 11.8. The topological polar surface area (TPSA) is 144 Å². The van der Waals surface area contributed by atoms with Crippen LogP contribution in [0.25, 0.3) is 10.2 Å². The number of aromatic nitrogens is 1. The smallest absolute Gasteiger partial charge is 0.407 e. The second-order valence-corrected chi connectivity index (χ2v) is 16.3. The molecular formula is C30H39N3O8S3. The SMILES string of the molecule is CC(C)CN(C[C@@H](O)[C@H](Cc1ccccc1)NC(=O)O[C@H]1CO[C@@]2(C)OCC[C@@H]12)S(=O)(=O)c1ccc2nc(S(C)=O)sc2c1. The van der Waals surface area contributed by atoms with Crippen molar-refractivity contribution >= 4 is 48.5 Å². The summed E-state index contributed by atoms with van der Waals surface area (Å²) < 4.78 is 59.3. The fourth-order valence-corrected chi connectivity index (χ4v) is 9.14. The number of fused-ring (bicyclic) bond motifs is 2. The molecule has 5 rings (SSSR count). The van der Waals surface area contributed by atoms with Crippen LogP contribution >= 0.6 is 11.3 Å². The van der Waals surface area contributed by atoms with Gasteiger partial charge in [0.25, 0.3) is 0 Å². The molecule has 0 bridgehead atoms. The Kier molecular flexibility index (Phi) is 10.1. The molecule has 0 aliphatic carbocycles. The van der Waals surface area contributed by atoms with Crippen LogP contribution in [0.3, 0.4) is 0 Å². The summed E-state index contributed by atoms with van der Waals surface area (Å²) in [5.41, 5.74) is 1.42. The molecule has 3 aromatic rings. The molecular weight excluding hydrogens is 627 g/mol. The van der Waals surface area contributed by atoms with E-state index in [2.05, 4.69) is 10.3 Å². The van der Waals surface area contributed by atoms with Crippen molar-refractivity contribution in [1.29, 1.82) is 0 Å². The van der Waals surface area contributed by atoms with E-state index in [1.807, 2.05) is 51.1 Å². The Bertz CT molecular complexity index is 1600. The molecule has 2 N–H and O–H groups in total. The average molecular weight is 666 g/mol. The first kappa shape index (κ1) is 32.9. The van der Waals surface area contributed by atoms with Gasteiger partial charge >= 0.3 is 6.09 Å². The number of ether oxygens (including phenoxy) is 3. The number of carbonyl (C=O) groups is 1. The van der Waals surface area contributed by atoms with E-state index in [0.717, 1.165) is 5.56 Å². The van der Waals surface area contributed by atoms with Crippen molar-refractivity contribution in [3.63, 3.8) is 0 Å². The van der Waals surface area contributed by atoms with Gasteiger partial charge in [0.2, 0.25) is 10.0 Å². The highest BCUT2D eigenvalue weighted by atomic mass is 32.2. The van der Waals surface area contributed by atoms with Gasteiger partial charge in [0, 0.05) is 19.3 Å². The molecule has 14 heteroatoms. The number of amides is 1. The van der Waals surface area contributed by atoms with E-state index >= 15 is 0 Å². The maximum Gasteiger partial charge on any atom is 0.407 e. The minimum absolute atomic E-state index is 0.0463. The number of benzene rings is 2. The number of nitrogens with one attached hydrogen (secondary N) is 1. The molecule has 0 radical (unpaired) electrons. The van der Waals surface area contributed by atoms with Gasteiger partial charge in [-0.2, -0.15) is 4.31 Å². The molecule has 240 valence electrons. The lowest BCUT2D eigenvalue weighted by Gasteiger charge is -2.31. The molecule has 0 spiro atoms. The Hall–Kier alpha value is -2.46. The normalized spacial score (nSPS) is 24.0. The molecule has 3 heterocycles. The highest BCUT2D eigenvalue weighted by Gasteiger charge is 2.53. The number of aliphatic hydroxyl groups is 1. The first-order chi connectivity index (χ1) is 20.9. The average Bonchev–Trinajstić information content (AvgIpc) is 3.66. The largest absolute Gasteiger partial charge is 0.443 e. The zero-order valence-electron chi connectivity index (χ0n) is 25.2. The zero-order valence-corrected chi connectivity index (χ0v) is 27.6. The number of hydrogen-bond acceptors (Lipinski definition) is 10. The predicted octanol–water partition coefficient (Wildman–Crippen LogP) is 3.53. The molecule has 6 atom stereocenters. The van der Waals surface area contributed by atoms with Crippen molar-refractivity contribution in [1.82, 2.24) is 14.6 Å². The number of alkyl carbamates (subject to hydrolysis) is 1. The Morgan fingerprint density at radius 1 is 1.23 bits per heavy atom. The van der Waals surface area contributed by atoms with E-state index in [0.29, 0.717) is 27.6 Å². The van der Waals surface area contributed by atoms with Gasteiger partial charge in [-0.05, 0) is 49.4 Å².